The number of hydroxylamine groups is 1. The van der Waals surface area contributed by atoms with Gasteiger partial charge in [0.2, 0.25) is 11.8 Å². The molecule has 0 bridgehead atoms. The number of nitrogens with zero attached hydrogens (tertiary/aromatic N) is 2. The standard InChI is InChI=1S/C23H31ClN6O3/c1-4-32-21(27)18-9-10-19(22(29-18)31-3)30(13-15(2)25)14-28-33-23(11-12-23)20(26)16-5-7-17(24)8-6-16/h5-10,13,20,27-28H,4,11-12,14,25-26H2,1-3H3/b15-13-,27-21?. The number of ether oxygens (including phenoxy) is 2. The Labute approximate surface area is 199 Å². The number of halogens is 1. The Balaban J connectivity index is 1.72. The van der Waals surface area contributed by atoms with Gasteiger partial charge in [0.25, 0.3) is 0 Å². The molecule has 1 atom stereocenters. The van der Waals surface area contributed by atoms with Gasteiger partial charge >= 0.3 is 0 Å². The quantitative estimate of drug-likeness (QED) is 0.168. The molecule has 10 heteroatoms. The minimum absolute atomic E-state index is 0.0206. The first-order chi connectivity index (χ1) is 15.8. The molecule has 1 aromatic carbocycles. The van der Waals surface area contributed by atoms with Crippen LogP contribution in [0.25, 0.3) is 0 Å². The van der Waals surface area contributed by atoms with Crippen molar-refractivity contribution in [1.82, 2.24) is 10.5 Å². The van der Waals surface area contributed by atoms with Crippen LogP contribution in [0.15, 0.2) is 48.3 Å². The largest absolute Gasteiger partial charge is 0.479 e. The van der Waals surface area contributed by atoms with Crippen LogP contribution in [0.2, 0.25) is 5.02 Å². The number of anilines is 1. The Kier molecular flexibility index (Phi) is 8.15. The van der Waals surface area contributed by atoms with E-state index in [4.69, 9.17) is 42.8 Å². The Morgan fingerprint density at radius 1 is 1.30 bits per heavy atom. The number of benzene rings is 1. The van der Waals surface area contributed by atoms with Crippen molar-refractivity contribution in [1.29, 1.82) is 5.41 Å². The summed E-state index contributed by atoms with van der Waals surface area (Å²) in [6.45, 7) is 4.25. The molecule has 0 radical (unpaired) electrons. The van der Waals surface area contributed by atoms with Gasteiger partial charge in [-0.3, -0.25) is 10.2 Å². The first kappa shape index (κ1) is 24.8. The van der Waals surface area contributed by atoms with Crippen LogP contribution in [0.4, 0.5) is 5.69 Å². The zero-order chi connectivity index (χ0) is 24.0. The lowest BCUT2D eigenvalue weighted by atomic mass is 10.0. The van der Waals surface area contributed by atoms with Gasteiger partial charge in [-0.15, -0.1) is 0 Å². The van der Waals surface area contributed by atoms with E-state index in [1.165, 1.54) is 7.11 Å². The number of allylic oxidation sites excluding steroid dienone is 1. The van der Waals surface area contributed by atoms with Crippen LogP contribution >= 0.6 is 11.6 Å². The van der Waals surface area contributed by atoms with Gasteiger partial charge < -0.3 is 25.8 Å². The molecule has 1 saturated carbocycles. The Morgan fingerprint density at radius 2 is 2.00 bits per heavy atom. The summed E-state index contributed by atoms with van der Waals surface area (Å²) >= 11 is 5.99. The number of nitrogens with two attached hydrogens (primary N) is 2. The summed E-state index contributed by atoms with van der Waals surface area (Å²) in [4.78, 5) is 12.3. The summed E-state index contributed by atoms with van der Waals surface area (Å²) < 4.78 is 10.7. The van der Waals surface area contributed by atoms with Gasteiger partial charge in [-0.05, 0) is 56.5 Å². The van der Waals surface area contributed by atoms with E-state index in [9.17, 15) is 0 Å². The molecular weight excluding hydrogens is 444 g/mol. The van der Waals surface area contributed by atoms with Gasteiger partial charge in [-0.2, -0.15) is 5.48 Å². The second kappa shape index (κ2) is 10.8. The van der Waals surface area contributed by atoms with Crippen molar-refractivity contribution < 1.29 is 14.3 Å². The van der Waals surface area contributed by atoms with Gasteiger partial charge in [0.05, 0.1) is 26.4 Å². The zero-order valence-corrected chi connectivity index (χ0v) is 19.9. The van der Waals surface area contributed by atoms with Gasteiger partial charge in [0, 0.05) is 16.9 Å². The number of pyridine rings is 1. The van der Waals surface area contributed by atoms with Crippen LogP contribution in [-0.2, 0) is 9.57 Å². The number of hydrogen-bond donors (Lipinski definition) is 4. The van der Waals surface area contributed by atoms with E-state index in [0.717, 1.165) is 18.4 Å². The number of rotatable bonds is 11. The first-order valence-corrected chi connectivity index (χ1v) is 11.1. The van der Waals surface area contributed by atoms with Crippen molar-refractivity contribution in [3.63, 3.8) is 0 Å². The zero-order valence-electron chi connectivity index (χ0n) is 19.1. The van der Waals surface area contributed by atoms with Crippen molar-refractivity contribution in [2.24, 2.45) is 11.5 Å². The van der Waals surface area contributed by atoms with E-state index >= 15 is 0 Å². The smallest absolute Gasteiger partial charge is 0.238 e. The highest BCUT2D eigenvalue weighted by atomic mass is 35.5. The van der Waals surface area contributed by atoms with Crippen LogP contribution in [0, 0.1) is 5.41 Å². The third kappa shape index (κ3) is 6.14. The Bertz CT molecular complexity index is 990. The van der Waals surface area contributed by atoms with E-state index in [1.807, 2.05) is 36.1 Å². The van der Waals surface area contributed by atoms with Crippen molar-refractivity contribution in [3.05, 3.63) is 64.6 Å². The molecule has 33 heavy (non-hydrogen) atoms. The SMILES string of the molecule is CCOC(=N)c1ccc(N(/C=C(/C)N)CNOC2(C(N)c3ccc(Cl)cc3)CC2)c(OC)n1. The molecule has 0 saturated heterocycles. The van der Waals surface area contributed by atoms with Gasteiger partial charge in [-0.25, -0.2) is 4.98 Å². The lowest BCUT2D eigenvalue weighted by Crippen LogP contribution is -2.40. The molecule has 1 unspecified atom stereocenters. The molecule has 0 aliphatic heterocycles. The van der Waals surface area contributed by atoms with E-state index in [-0.39, 0.29) is 18.6 Å². The lowest BCUT2D eigenvalue weighted by Gasteiger charge is -2.27. The van der Waals surface area contributed by atoms with E-state index < -0.39 is 5.60 Å². The fourth-order valence-corrected chi connectivity index (χ4v) is 3.54. The first-order valence-electron chi connectivity index (χ1n) is 10.7. The van der Waals surface area contributed by atoms with Crippen LogP contribution in [0.5, 0.6) is 5.88 Å². The molecule has 2 aromatic rings. The predicted molar refractivity (Wildman–Crippen MR) is 129 cm³/mol. The summed E-state index contributed by atoms with van der Waals surface area (Å²) in [5.74, 6) is 0.308. The highest BCUT2D eigenvalue weighted by molar-refractivity contribution is 6.30. The van der Waals surface area contributed by atoms with Gasteiger partial charge in [-0.1, -0.05) is 23.7 Å². The average Bonchev–Trinajstić information content (AvgIpc) is 3.59. The molecular formula is C23H31ClN6O3. The third-order valence-corrected chi connectivity index (χ3v) is 5.52. The van der Waals surface area contributed by atoms with Crippen molar-refractivity contribution in [2.75, 3.05) is 25.3 Å². The van der Waals surface area contributed by atoms with Crippen LogP contribution in [0.1, 0.15) is 44.0 Å². The topological polar surface area (TPSA) is 132 Å². The molecule has 1 aliphatic carbocycles. The summed E-state index contributed by atoms with van der Waals surface area (Å²) in [5, 5.41) is 8.63. The fraction of sp³-hybridized carbons (Fsp3) is 0.391. The summed E-state index contributed by atoms with van der Waals surface area (Å²) in [5.41, 5.74) is 17.6. The maximum atomic E-state index is 7.96. The Morgan fingerprint density at radius 3 is 2.58 bits per heavy atom. The van der Waals surface area contributed by atoms with E-state index in [0.29, 0.717) is 34.6 Å². The maximum absolute atomic E-state index is 7.96. The highest BCUT2D eigenvalue weighted by Gasteiger charge is 2.50. The molecule has 9 nitrogen and oxygen atoms in total. The minimum atomic E-state index is -0.486. The lowest BCUT2D eigenvalue weighted by molar-refractivity contribution is -0.0560. The maximum Gasteiger partial charge on any atom is 0.238 e. The number of nitrogens with one attached hydrogen (secondary N) is 2. The number of aromatic nitrogens is 1. The van der Waals surface area contributed by atoms with Gasteiger partial charge in [0.15, 0.2) is 0 Å². The normalized spacial score (nSPS) is 15.6. The summed E-state index contributed by atoms with van der Waals surface area (Å²) in [7, 11) is 1.52. The van der Waals surface area contributed by atoms with E-state index in [2.05, 4.69) is 10.5 Å². The Hall–Kier alpha value is -2.85. The number of methoxy groups -OCH3 is 1. The third-order valence-electron chi connectivity index (χ3n) is 5.27. The summed E-state index contributed by atoms with van der Waals surface area (Å²) in [6.07, 6.45) is 3.44. The van der Waals surface area contributed by atoms with Crippen molar-refractivity contribution in [3.8, 4) is 5.88 Å². The second-order valence-electron chi connectivity index (χ2n) is 7.83. The van der Waals surface area contributed by atoms with Crippen LogP contribution in [0.3, 0.4) is 0 Å². The average molecular weight is 475 g/mol. The molecule has 1 aliphatic rings. The van der Waals surface area contributed by atoms with Crippen LogP contribution < -0.4 is 26.6 Å². The second-order valence-corrected chi connectivity index (χ2v) is 8.26. The summed E-state index contributed by atoms with van der Waals surface area (Å²) in [6, 6.07) is 10.7. The van der Waals surface area contributed by atoms with Crippen molar-refractivity contribution >= 4 is 23.2 Å². The highest BCUT2D eigenvalue weighted by Crippen LogP contribution is 2.47. The fourth-order valence-electron chi connectivity index (χ4n) is 3.41. The molecule has 178 valence electrons. The molecule has 1 heterocycles. The number of hydrogen-bond acceptors (Lipinski definition) is 9. The monoisotopic (exact) mass is 474 g/mol. The molecule has 3 rings (SSSR count). The van der Waals surface area contributed by atoms with Crippen molar-refractivity contribution in [2.45, 2.75) is 38.3 Å². The minimum Gasteiger partial charge on any atom is -0.479 e. The molecule has 6 N–H and O–H groups in total. The van der Waals surface area contributed by atoms with Crippen LogP contribution in [-0.4, -0.2) is 36.9 Å². The molecule has 0 spiro atoms. The van der Waals surface area contributed by atoms with E-state index in [1.54, 1.807) is 25.3 Å². The molecule has 1 fully saturated rings. The molecule has 0 amide bonds. The predicted octanol–water partition coefficient (Wildman–Crippen LogP) is 3.44. The van der Waals surface area contributed by atoms with Gasteiger partial charge in [0.1, 0.15) is 17.0 Å². The molecule has 1 aromatic heterocycles.